The van der Waals surface area contributed by atoms with Crippen molar-refractivity contribution in [2.24, 2.45) is 0 Å². The van der Waals surface area contributed by atoms with Crippen molar-refractivity contribution >= 4 is 0 Å². The molecule has 1 fully saturated rings. The Balaban J connectivity index is 1.99. The molecule has 8 heteroatoms. The molecule has 2 heterocycles. The summed E-state index contributed by atoms with van der Waals surface area (Å²) in [5.74, 6) is 0. The molecule has 1 aliphatic rings. The number of nitrogens with zero attached hydrogens (tertiary/aromatic N) is 3. The molecule has 1 saturated heterocycles. The van der Waals surface area contributed by atoms with Crippen LogP contribution >= 0.6 is 0 Å². The van der Waals surface area contributed by atoms with E-state index in [1.807, 2.05) is 0 Å². The zero-order chi connectivity index (χ0) is 13.9. The molecule has 0 radical (unpaired) electrons. The lowest BCUT2D eigenvalue weighted by Gasteiger charge is -2.26. The third kappa shape index (κ3) is 3.77. The van der Waals surface area contributed by atoms with E-state index >= 15 is 0 Å². The van der Waals surface area contributed by atoms with Gasteiger partial charge in [-0.25, -0.2) is 4.98 Å². The smallest absolute Gasteiger partial charge is 0.379 e. The van der Waals surface area contributed by atoms with Crippen LogP contribution in [0.15, 0.2) is 17.2 Å². The molecule has 0 atom stereocenters. The van der Waals surface area contributed by atoms with Crippen molar-refractivity contribution in [1.82, 2.24) is 14.5 Å². The fourth-order valence-electron chi connectivity index (χ4n) is 1.82. The molecule has 0 aromatic carbocycles. The summed E-state index contributed by atoms with van der Waals surface area (Å²) in [7, 11) is 0. The first-order valence-corrected chi connectivity index (χ1v) is 5.90. The maximum absolute atomic E-state index is 12.3. The predicted octanol–water partition coefficient (Wildman–Crippen LogP) is 0.594. The Bertz CT molecular complexity index is 481. The highest BCUT2D eigenvalue weighted by Gasteiger charge is 2.32. The number of hydrogen-bond donors (Lipinski definition) is 0. The van der Waals surface area contributed by atoms with Crippen molar-refractivity contribution < 1.29 is 17.9 Å². The van der Waals surface area contributed by atoms with Crippen LogP contribution in [0.5, 0.6) is 0 Å². The van der Waals surface area contributed by atoms with Gasteiger partial charge in [0, 0.05) is 32.2 Å². The van der Waals surface area contributed by atoms with E-state index in [1.165, 1.54) is 4.57 Å². The van der Waals surface area contributed by atoms with Gasteiger partial charge >= 0.3 is 6.18 Å². The van der Waals surface area contributed by atoms with Gasteiger partial charge in [-0.15, -0.1) is 0 Å². The Kier molecular flexibility index (Phi) is 4.20. The van der Waals surface area contributed by atoms with E-state index in [1.54, 1.807) is 0 Å². The highest BCUT2D eigenvalue weighted by molar-refractivity contribution is 5.03. The fraction of sp³-hybridized carbons (Fsp3) is 0.636. The summed E-state index contributed by atoms with van der Waals surface area (Å²) in [6.45, 7) is 3.73. The minimum absolute atomic E-state index is 0.323. The normalized spacial score (nSPS) is 17.6. The van der Waals surface area contributed by atoms with Gasteiger partial charge in [0.1, 0.15) is 0 Å². The second-order valence-corrected chi connectivity index (χ2v) is 4.26. The number of morpholine rings is 1. The Labute approximate surface area is 107 Å². The van der Waals surface area contributed by atoms with Crippen molar-refractivity contribution in [1.29, 1.82) is 0 Å². The molecule has 0 N–H and O–H groups in total. The average molecular weight is 277 g/mol. The standard InChI is InChI=1S/C11H14F3N3O2/c12-11(13,14)9-7-10(18)17(8-15-9)2-1-16-3-5-19-6-4-16/h7-8H,1-6H2. The summed E-state index contributed by atoms with van der Waals surface area (Å²) in [6.07, 6.45) is -3.63. The molecule has 1 aromatic rings. The van der Waals surface area contributed by atoms with Crippen molar-refractivity contribution in [2.75, 3.05) is 32.8 Å². The Hall–Kier alpha value is -1.41. The minimum Gasteiger partial charge on any atom is -0.379 e. The van der Waals surface area contributed by atoms with Crippen molar-refractivity contribution in [2.45, 2.75) is 12.7 Å². The van der Waals surface area contributed by atoms with Crippen LogP contribution in [0.4, 0.5) is 13.2 Å². The van der Waals surface area contributed by atoms with E-state index in [2.05, 4.69) is 9.88 Å². The van der Waals surface area contributed by atoms with Gasteiger partial charge in [0.05, 0.1) is 19.5 Å². The molecule has 0 saturated carbocycles. The highest BCUT2D eigenvalue weighted by Crippen LogP contribution is 2.25. The highest BCUT2D eigenvalue weighted by atomic mass is 19.4. The van der Waals surface area contributed by atoms with E-state index in [0.717, 1.165) is 19.4 Å². The molecule has 2 rings (SSSR count). The molecule has 0 amide bonds. The second kappa shape index (κ2) is 5.70. The van der Waals surface area contributed by atoms with Gasteiger partial charge < -0.3 is 4.74 Å². The summed E-state index contributed by atoms with van der Waals surface area (Å²) in [4.78, 5) is 16.9. The maximum Gasteiger partial charge on any atom is 0.433 e. The van der Waals surface area contributed by atoms with Gasteiger partial charge in [-0.2, -0.15) is 13.2 Å². The first kappa shape index (κ1) is 14.0. The molecular weight excluding hydrogens is 263 g/mol. The SMILES string of the molecule is O=c1cc(C(F)(F)F)ncn1CCN1CCOCC1. The van der Waals surface area contributed by atoms with Crippen LogP contribution in [0.2, 0.25) is 0 Å². The molecule has 0 bridgehead atoms. The van der Waals surface area contributed by atoms with E-state index < -0.39 is 17.4 Å². The molecular formula is C11H14F3N3O2. The molecule has 5 nitrogen and oxygen atoms in total. The third-order valence-corrected chi connectivity index (χ3v) is 2.93. The minimum atomic E-state index is -4.58. The molecule has 1 aliphatic heterocycles. The van der Waals surface area contributed by atoms with E-state index in [4.69, 9.17) is 4.74 Å². The zero-order valence-electron chi connectivity index (χ0n) is 10.2. The molecule has 1 aromatic heterocycles. The number of aromatic nitrogens is 2. The van der Waals surface area contributed by atoms with Crippen LogP contribution in [0, 0.1) is 0 Å². The average Bonchev–Trinajstić information content (AvgIpc) is 2.37. The van der Waals surface area contributed by atoms with Crippen molar-refractivity contribution in [3.05, 3.63) is 28.4 Å². The fourth-order valence-corrected chi connectivity index (χ4v) is 1.82. The second-order valence-electron chi connectivity index (χ2n) is 4.26. The molecule has 106 valence electrons. The van der Waals surface area contributed by atoms with Crippen molar-refractivity contribution in [3.63, 3.8) is 0 Å². The van der Waals surface area contributed by atoms with Crippen LogP contribution in [-0.2, 0) is 17.5 Å². The number of rotatable bonds is 3. The monoisotopic (exact) mass is 277 g/mol. The summed E-state index contributed by atoms with van der Waals surface area (Å²) < 4.78 is 43.4. The van der Waals surface area contributed by atoms with Crippen LogP contribution in [0.25, 0.3) is 0 Å². The van der Waals surface area contributed by atoms with E-state index in [0.29, 0.717) is 32.4 Å². The van der Waals surface area contributed by atoms with Gasteiger partial charge in [0.15, 0.2) is 5.69 Å². The Morgan fingerprint density at radius 2 is 1.95 bits per heavy atom. The van der Waals surface area contributed by atoms with E-state index in [9.17, 15) is 18.0 Å². The van der Waals surface area contributed by atoms with Gasteiger partial charge in [0.25, 0.3) is 5.56 Å². The first-order chi connectivity index (χ1) is 8.97. The molecule has 0 spiro atoms. The lowest BCUT2D eigenvalue weighted by atomic mass is 10.4. The van der Waals surface area contributed by atoms with E-state index in [-0.39, 0.29) is 0 Å². The number of halogens is 3. The molecule has 19 heavy (non-hydrogen) atoms. The van der Waals surface area contributed by atoms with Crippen LogP contribution in [0.1, 0.15) is 5.69 Å². The quantitative estimate of drug-likeness (QED) is 0.811. The van der Waals surface area contributed by atoms with Crippen LogP contribution in [0.3, 0.4) is 0 Å². The first-order valence-electron chi connectivity index (χ1n) is 5.90. The largest absolute Gasteiger partial charge is 0.433 e. The Morgan fingerprint density at radius 3 is 2.53 bits per heavy atom. The van der Waals surface area contributed by atoms with Crippen LogP contribution in [-0.4, -0.2) is 47.3 Å². The topological polar surface area (TPSA) is 47.4 Å². The van der Waals surface area contributed by atoms with Gasteiger partial charge in [-0.1, -0.05) is 0 Å². The summed E-state index contributed by atoms with van der Waals surface area (Å²) >= 11 is 0. The summed E-state index contributed by atoms with van der Waals surface area (Å²) in [6, 6.07) is 0.527. The van der Waals surface area contributed by atoms with Crippen molar-refractivity contribution in [3.8, 4) is 0 Å². The summed E-state index contributed by atoms with van der Waals surface area (Å²) in [5, 5.41) is 0. The van der Waals surface area contributed by atoms with Gasteiger partial charge in [-0.05, 0) is 0 Å². The molecule has 0 aliphatic carbocycles. The van der Waals surface area contributed by atoms with Gasteiger partial charge in [-0.3, -0.25) is 14.3 Å². The lowest BCUT2D eigenvalue weighted by molar-refractivity contribution is -0.141. The zero-order valence-corrected chi connectivity index (χ0v) is 10.2. The predicted molar refractivity (Wildman–Crippen MR) is 60.8 cm³/mol. The lowest BCUT2D eigenvalue weighted by Crippen LogP contribution is -2.39. The maximum atomic E-state index is 12.3. The van der Waals surface area contributed by atoms with Gasteiger partial charge in [0.2, 0.25) is 0 Å². The summed E-state index contributed by atoms with van der Waals surface area (Å²) in [5.41, 5.74) is -1.84. The van der Waals surface area contributed by atoms with Crippen LogP contribution < -0.4 is 5.56 Å². The number of ether oxygens (including phenoxy) is 1. The number of alkyl halides is 3. The number of hydrogen-bond acceptors (Lipinski definition) is 4. The Morgan fingerprint density at radius 1 is 1.26 bits per heavy atom. The molecule has 0 unspecified atom stereocenters. The third-order valence-electron chi connectivity index (χ3n) is 2.93.